The Morgan fingerprint density at radius 1 is 0.750 bits per heavy atom. The van der Waals surface area contributed by atoms with Crippen LogP contribution >= 0.6 is 12.9 Å². The van der Waals surface area contributed by atoms with Gasteiger partial charge >= 0.3 is 0 Å². The predicted molar refractivity (Wildman–Crippen MR) is 77.6 cm³/mol. The van der Waals surface area contributed by atoms with Crippen LogP contribution in [-0.4, -0.2) is 29.7 Å². The maximum atomic E-state index is 11.5. The monoisotopic (exact) mass is 302 g/mol. The van der Waals surface area contributed by atoms with Crippen molar-refractivity contribution in [2.45, 2.75) is 58.3 Å². The van der Waals surface area contributed by atoms with Gasteiger partial charge in [0.2, 0.25) is 0 Å². The highest BCUT2D eigenvalue weighted by molar-refractivity contribution is 7.75. The summed E-state index contributed by atoms with van der Waals surface area (Å²) in [5, 5.41) is 0. The van der Waals surface area contributed by atoms with Gasteiger partial charge in [0.25, 0.3) is 0 Å². The molecule has 114 valence electrons. The topological polar surface area (TPSA) is 77.5 Å². The molecule has 0 radical (unpaired) electrons. The van der Waals surface area contributed by atoms with Crippen LogP contribution in [0.4, 0.5) is 0 Å². The molecule has 20 heavy (non-hydrogen) atoms. The van der Waals surface area contributed by atoms with Crippen LogP contribution in [0.3, 0.4) is 0 Å². The minimum Gasteiger partial charge on any atom is -0.318 e. The maximum Gasteiger partial charge on any atom is 0.133 e. The molecular formula is C14H22O5S. The van der Waals surface area contributed by atoms with E-state index < -0.39 is 0 Å². The lowest BCUT2D eigenvalue weighted by molar-refractivity contribution is -0.126. The number of hydrogen-bond donors (Lipinski definition) is 1. The van der Waals surface area contributed by atoms with Crippen molar-refractivity contribution in [3.63, 3.8) is 0 Å². The number of rotatable bonds is 13. The highest BCUT2D eigenvalue weighted by atomic mass is 32.1. The van der Waals surface area contributed by atoms with E-state index in [9.17, 15) is 19.2 Å². The van der Waals surface area contributed by atoms with E-state index in [1.807, 2.05) is 0 Å². The average Bonchev–Trinajstić information content (AvgIpc) is 2.40. The van der Waals surface area contributed by atoms with Crippen LogP contribution < -0.4 is 0 Å². The van der Waals surface area contributed by atoms with E-state index in [0.29, 0.717) is 19.4 Å². The molecule has 0 N–H and O–H groups in total. The Morgan fingerprint density at radius 3 is 1.55 bits per heavy atom. The van der Waals surface area contributed by atoms with Gasteiger partial charge in [-0.1, -0.05) is 0 Å². The number of carbonyl (C=O) groups excluding carboxylic acids is 4. The summed E-state index contributed by atoms with van der Waals surface area (Å²) in [7, 11) is 0. The molecule has 0 saturated heterocycles. The summed E-state index contributed by atoms with van der Waals surface area (Å²) >= 11 is 3.57. The third-order valence-corrected chi connectivity index (χ3v) is 3.00. The minimum absolute atomic E-state index is 0.0200. The van der Waals surface area contributed by atoms with E-state index in [1.165, 1.54) is 6.92 Å². The van der Waals surface area contributed by atoms with Gasteiger partial charge in [-0.3, -0.25) is 14.4 Å². The Bertz CT molecular complexity index is 351. The molecule has 0 atom stereocenters. The lowest BCUT2D eigenvalue weighted by atomic mass is 10.0. The Balaban J connectivity index is 3.65. The number of hydrogen-bond acceptors (Lipinski definition) is 6. The molecule has 0 aliphatic heterocycles. The first-order valence-corrected chi connectivity index (χ1v) is 7.13. The molecule has 0 heterocycles. The molecular weight excluding hydrogens is 280 g/mol. The predicted octanol–water partition coefficient (Wildman–Crippen LogP) is 2.26. The largest absolute Gasteiger partial charge is 0.318 e. The van der Waals surface area contributed by atoms with Crippen LogP contribution in [0.15, 0.2) is 0 Å². The summed E-state index contributed by atoms with van der Waals surface area (Å²) in [5.74, 6) is -0.169. The van der Waals surface area contributed by atoms with Crippen molar-refractivity contribution < 1.29 is 23.4 Å². The van der Waals surface area contributed by atoms with E-state index in [4.69, 9.17) is 0 Å². The Kier molecular flexibility index (Phi) is 11.2. The highest BCUT2D eigenvalue weighted by Gasteiger charge is 2.10. The molecule has 0 spiro atoms. The van der Waals surface area contributed by atoms with Gasteiger partial charge in [0.1, 0.15) is 23.1 Å². The molecule has 0 bridgehead atoms. The summed E-state index contributed by atoms with van der Waals surface area (Å²) in [6, 6.07) is 0. The first-order chi connectivity index (χ1) is 9.45. The summed E-state index contributed by atoms with van der Waals surface area (Å²) in [5.41, 5.74) is 0. The Morgan fingerprint density at radius 2 is 1.15 bits per heavy atom. The van der Waals surface area contributed by atoms with Crippen LogP contribution in [0.2, 0.25) is 0 Å². The zero-order valence-electron chi connectivity index (χ0n) is 11.9. The molecule has 0 aromatic carbocycles. The van der Waals surface area contributed by atoms with Gasteiger partial charge in [0, 0.05) is 44.9 Å². The van der Waals surface area contributed by atoms with Gasteiger partial charge in [0.15, 0.2) is 0 Å². The molecule has 0 aliphatic rings. The first-order valence-electron chi connectivity index (χ1n) is 6.76. The van der Waals surface area contributed by atoms with E-state index in [1.54, 1.807) is 0 Å². The smallest absolute Gasteiger partial charge is 0.133 e. The van der Waals surface area contributed by atoms with E-state index >= 15 is 0 Å². The molecule has 5 nitrogen and oxygen atoms in total. The summed E-state index contributed by atoms with van der Waals surface area (Å²) in [6.45, 7) is 1.84. The quantitative estimate of drug-likeness (QED) is 0.321. The van der Waals surface area contributed by atoms with Crippen molar-refractivity contribution >= 4 is 36.0 Å². The average molecular weight is 302 g/mol. The fourth-order valence-electron chi connectivity index (χ4n) is 1.58. The van der Waals surface area contributed by atoms with Crippen LogP contribution in [0.25, 0.3) is 0 Å². The second-order valence-electron chi connectivity index (χ2n) is 4.75. The van der Waals surface area contributed by atoms with E-state index in [0.717, 1.165) is 0 Å². The van der Waals surface area contributed by atoms with Gasteiger partial charge in [-0.05, 0) is 26.3 Å². The highest BCUT2D eigenvalue weighted by Crippen LogP contribution is 2.06. The van der Waals surface area contributed by atoms with Crippen LogP contribution in [-0.2, 0) is 23.4 Å². The number of Topliss-reactive ketones (excluding diaryl/α,β-unsaturated/α-hetero) is 4. The molecule has 0 aromatic rings. The summed E-state index contributed by atoms with van der Waals surface area (Å²) in [6.07, 6.45) is 2.13. The number of ketones is 4. The third kappa shape index (κ3) is 12.0. The zero-order chi connectivity index (χ0) is 15.4. The van der Waals surface area contributed by atoms with Gasteiger partial charge in [-0.15, -0.1) is 0 Å². The second kappa shape index (κ2) is 11.8. The fourth-order valence-corrected chi connectivity index (χ4v) is 1.71. The first kappa shape index (κ1) is 19.0. The van der Waals surface area contributed by atoms with E-state index in [2.05, 4.69) is 17.1 Å². The maximum absolute atomic E-state index is 11.5. The Labute approximate surface area is 125 Å². The molecule has 0 unspecified atom stereocenters. The van der Waals surface area contributed by atoms with E-state index in [-0.39, 0.29) is 61.7 Å². The van der Waals surface area contributed by atoms with Gasteiger partial charge < -0.3 is 8.98 Å². The zero-order valence-corrected chi connectivity index (χ0v) is 12.7. The standard InChI is InChI=1S/C14H22O5S/c1-11(15)4-5-13(17)8-9-14(18)7-6-12(16)3-2-10-19-20/h20H,2-10H2,1H3. The van der Waals surface area contributed by atoms with Crippen molar-refractivity contribution in [1.82, 2.24) is 0 Å². The van der Waals surface area contributed by atoms with Crippen molar-refractivity contribution in [2.24, 2.45) is 0 Å². The summed E-state index contributed by atoms with van der Waals surface area (Å²) < 4.78 is 4.54. The lowest BCUT2D eigenvalue weighted by Gasteiger charge is -2.01. The van der Waals surface area contributed by atoms with Gasteiger partial charge in [-0.25, -0.2) is 0 Å². The number of carbonyl (C=O) groups is 4. The molecule has 0 amide bonds. The molecule has 0 fully saturated rings. The normalized spacial score (nSPS) is 10.3. The third-order valence-electron chi connectivity index (χ3n) is 2.81. The van der Waals surface area contributed by atoms with Crippen molar-refractivity contribution in [1.29, 1.82) is 0 Å². The van der Waals surface area contributed by atoms with Crippen LogP contribution in [0, 0.1) is 0 Å². The lowest BCUT2D eigenvalue weighted by Crippen LogP contribution is -2.08. The molecule has 0 rings (SSSR count). The van der Waals surface area contributed by atoms with Crippen LogP contribution in [0.1, 0.15) is 58.3 Å². The minimum atomic E-state index is -0.0834. The van der Waals surface area contributed by atoms with Gasteiger partial charge in [-0.2, -0.15) is 0 Å². The summed E-state index contributed by atoms with van der Waals surface area (Å²) in [4.78, 5) is 45.0. The fraction of sp³-hybridized carbons (Fsp3) is 0.714. The molecule has 0 aliphatic carbocycles. The van der Waals surface area contributed by atoms with Crippen molar-refractivity contribution in [3.05, 3.63) is 0 Å². The Hall–Kier alpha value is -1.01. The molecule has 6 heteroatoms. The number of thiol groups is 1. The molecule has 0 saturated carbocycles. The molecule has 0 aromatic heterocycles. The second-order valence-corrected chi connectivity index (χ2v) is 5.01. The van der Waals surface area contributed by atoms with Crippen LogP contribution in [0.5, 0.6) is 0 Å². The van der Waals surface area contributed by atoms with Crippen molar-refractivity contribution in [2.75, 3.05) is 6.61 Å². The SMILES string of the molecule is CC(=O)CCC(=O)CCC(=O)CCC(=O)CCCOS. The van der Waals surface area contributed by atoms with Crippen molar-refractivity contribution in [3.8, 4) is 0 Å². The van der Waals surface area contributed by atoms with Gasteiger partial charge in [0.05, 0.1) is 6.61 Å².